The van der Waals surface area contributed by atoms with E-state index in [1.165, 1.54) is 0 Å². The molecule has 0 amide bonds. The fraction of sp³-hybridized carbons (Fsp3) is 0.385. The van der Waals surface area contributed by atoms with Crippen molar-refractivity contribution >= 4 is 23.6 Å². The minimum Gasteiger partial charge on any atom is -0.231 e. The Morgan fingerprint density at radius 1 is 1.05 bits per heavy atom. The third kappa shape index (κ3) is 3.30. The molecular weight excluding hydrogens is 324 g/mol. The second kappa shape index (κ2) is 5.07. The fourth-order valence-corrected chi connectivity index (χ4v) is 5.47. The summed E-state index contributed by atoms with van der Waals surface area (Å²) in [5.41, 5.74) is -5.15. The first-order valence-corrected chi connectivity index (χ1v) is 8.73. The van der Waals surface area contributed by atoms with Crippen molar-refractivity contribution in [1.82, 2.24) is 0 Å². The molecule has 116 valence electrons. The lowest BCUT2D eigenvalue weighted by Crippen LogP contribution is -2.23. The van der Waals surface area contributed by atoms with Crippen LogP contribution in [-0.4, -0.2) is 13.9 Å². The first-order chi connectivity index (χ1) is 9.45. The number of hydrogen-bond acceptors (Lipinski definition) is 3. The van der Waals surface area contributed by atoms with Crippen LogP contribution in [0.5, 0.6) is 0 Å². The molecule has 0 aliphatic carbocycles. The van der Waals surface area contributed by atoms with Gasteiger partial charge in [-0.3, -0.25) is 0 Å². The molecule has 8 heteroatoms. The van der Waals surface area contributed by atoms with E-state index in [9.17, 15) is 21.6 Å². The maximum absolute atomic E-state index is 12.5. The van der Waals surface area contributed by atoms with Gasteiger partial charge in [0, 0.05) is 10.6 Å². The van der Waals surface area contributed by atoms with Crippen LogP contribution in [0, 0.1) is 5.41 Å². The Balaban J connectivity index is 2.33. The van der Waals surface area contributed by atoms with Gasteiger partial charge in [-0.15, -0.1) is 0 Å². The van der Waals surface area contributed by atoms with Crippen molar-refractivity contribution in [3.8, 4) is 0 Å². The van der Waals surface area contributed by atoms with E-state index in [1.807, 2.05) is 20.8 Å². The smallest absolute Gasteiger partial charge is 0.231 e. The quantitative estimate of drug-likeness (QED) is 0.594. The van der Waals surface area contributed by atoms with Gasteiger partial charge in [-0.2, -0.15) is 21.6 Å². The van der Waals surface area contributed by atoms with Crippen molar-refractivity contribution in [2.45, 2.75) is 26.3 Å². The number of benzene rings is 1. The van der Waals surface area contributed by atoms with Crippen molar-refractivity contribution in [1.29, 1.82) is 0 Å². The number of rotatable bonds is 3. The molecule has 0 bridgehead atoms. The highest BCUT2D eigenvalue weighted by Gasteiger charge is 2.55. The predicted molar refractivity (Wildman–Crippen MR) is 75.8 cm³/mol. The zero-order chi connectivity index (χ0) is 16.1. The van der Waals surface area contributed by atoms with Crippen LogP contribution in [0.15, 0.2) is 35.6 Å². The summed E-state index contributed by atoms with van der Waals surface area (Å²) in [4.78, 5) is 0. The van der Waals surface area contributed by atoms with Gasteiger partial charge < -0.3 is 0 Å². The van der Waals surface area contributed by atoms with Crippen LogP contribution in [0.1, 0.15) is 26.3 Å². The number of halogens is 3. The molecule has 0 N–H and O–H groups in total. The summed E-state index contributed by atoms with van der Waals surface area (Å²) in [6.45, 7) is 5.45. The molecule has 0 aromatic heterocycles. The van der Waals surface area contributed by atoms with E-state index in [0.29, 0.717) is 16.2 Å². The Bertz CT molecular complexity index is 673. The summed E-state index contributed by atoms with van der Waals surface area (Å²) in [5.74, 6) is 0. The third-order valence-corrected chi connectivity index (χ3v) is 6.71. The van der Waals surface area contributed by atoms with Crippen molar-refractivity contribution in [2.75, 3.05) is 0 Å². The molecule has 1 heterocycles. The Morgan fingerprint density at radius 2 is 1.57 bits per heavy atom. The SMILES string of the molecule is CC(C)(C)C1=C(c2ccccc2)[P@@]1OS(=O)(=O)C(F)(F)F. The van der Waals surface area contributed by atoms with Gasteiger partial charge >= 0.3 is 15.6 Å². The maximum atomic E-state index is 12.5. The van der Waals surface area contributed by atoms with Crippen molar-refractivity contribution in [3.63, 3.8) is 0 Å². The minimum absolute atomic E-state index is 0.446. The lowest BCUT2D eigenvalue weighted by Gasteiger charge is -2.15. The topological polar surface area (TPSA) is 43.4 Å². The molecule has 21 heavy (non-hydrogen) atoms. The molecule has 1 aliphatic heterocycles. The Labute approximate surface area is 122 Å². The first kappa shape index (κ1) is 16.5. The fourth-order valence-electron chi connectivity index (χ4n) is 1.87. The van der Waals surface area contributed by atoms with Crippen molar-refractivity contribution in [3.05, 3.63) is 41.2 Å². The average Bonchev–Trinajstić information content (AvgIpc) is 3.02. The molecule has 0 saturated carbocycles. The van der Waals surface area contributed by atoms with Crippen LogP contribution < -0.4 is 0 Å². The number of allylic oxidation sites excluding steroid dienone is 1. The van der Waals surface area contributed by atoms with Crippen LogP contribution in [0.3, 0.4) is 0 Å². The lowest BCUT2D eigenvalue weighted by molar-refractivity contribution is -0.0495. The zero-order valence-corrected chi connectivity index (χ0v) is 13.3. The van der Waals surface area contributed by atoms with E-state index in [1.54, 1.807) is 30.3 Å². The molecule has 0 spiro atoms. The van der Waals surface area contributed by atoms with Crippen LogP contribution in [0.2, 0.25) is 0 Å². The standard InChI is InChI=1S/C13H14F3O3PS/c1-12(2,3)11-10(9-7-5-4-6-8-9)20(11)19-21(17,18)13(14,15)16/h4-8H,1-3H3/t20-/m1/s1. The van der Waals surface area contributed by atoms with E-state index in [-0.39, 0.29) is 0 Å². The van der Waals surface area contributed by atoms with Crippen molar-refractivity contribution < 1.29 is 25.6 Å². The van der Waals surface area contributed by atoms with E-state index < -0.39 is 29.2 Å². The lowest BCUT2D eigenvalue weighted by atomic mass is 9.95. The van der Waals surface area contributed by atoms with E-state index >= 15 is 0 Å². The molecule has 0 fully saturated rings. The summed E-state index contributed by atoms with van der Waals surface area (Å²) in [6.07, 6.45) is 0. The third-order valence-electron chi connectivity index (χ3n) is 2.79. The summed E-state index contributed by atoms with van der Waals surface area (Å²) in [5, 5.41) is 1.21. The Morgan fingerprint density at radius 3 is 2.00 bits per heavy atom. The predicted octanol–water partition coefficient (Wildman–Crippen LogP) is 4.68. The van der Waals surface area contributed by atoms with E-state index in [4.69, 9.17) is 0 Å². The summed E-state index contributed by atoms with van der Waals surface area (Å²) >= 11 is 0. The molecule has 1 aromatic rings. The van der Waals surface area contributed by atoms with Gasteiger partial charge in [0.1, 0.15) is 8.15 Å². The largest absolute Gasteiger partial charge is 0.523 e. The van der Waals surface area contributed by atoms with Gasteiger partial charge in [-0.05, 0) is 11.0 Å². The van der Waals surface area contributed by atoms with E-state index in [2.05, 4.69) is 3.97 Å². The van der Waals surface area contributed by atoms with Crippen LogP contribution in [0.25, 0.3) is 5.31 Å². The molecular formula is C13H14F3O3PS. The second-order valence-corrected chi connectivity index (χ2v) is 9.03. The highest BCUT2D eigenvalue weighted by molar-refractivity contribution is 7.95. The van der Waals surface area contributed by atoms with Gasteiger partial charge in [0.2, 0.25) is 0 Å². The first-order valence-electron chi connectivity index (χ1n) is 6.06. The molecule has 1 atom stereocenters. The summed E-state index contributed by atoms with van der Waals surface area (Å²) in [7, 11) is -7.45. The molecule has 1 aliphatic rings. The van der Waals surface area contributed by atoms with Gasteiger partial charge in [0.25, 0.3) is 0 Å². The Hall–Kier alpha value is -0.910. The Kier molecular flexibility index (Phi) is 3.98. The second-order valence-electron chi connectivity index (χ2n) is 5.58. The minimum atomic E-state index is -5.58. The van der Waals surface area contributed by atoms with Gasteiger partial charge in [-0.25, -0.2) is 3.97 Å². The van der Waals surface area contributed by atoms with Crippen LogP contribution in [-0.2, 0) is 14.1 Å². The molecule has 2 rings (SSSR count). The summed E-state index contributed by atoms with van der Waals surface area (Å²) in [6, 6.07) is 8.72. The molecule has 0 saturated heterocycles. The zero-order valence-electron chi connectivity index (χ0n) is 11.6. The monoisotopic (exact) mass is 338 g/mol. The van der Waals surface area contributed by atoms with Crippen LogP contribution in [0.4, 0.5) is 13.2 Å². The summed E-state index contributed by atoms with van der Waals surface area (Å²) < 4.78 is 64.2. The molecule has 1 aromatic carbocycles. The normalized spacial score (nSPS) is 19.8. The number of alkyl halides is 3. The molecule has 3 nitrogen and oxygen atoms in total. The van der Waals surface area contributed by atoms with Gasteiger partial charge in [-0.1, -0.05) is 51.1 Å². The van der Waals surface area contributed by atoms with Gasteiger partial charge in [0.15, 0.2) is 0 Å². The van der Waals surface area contributed by atoms with Gasteiger partial charge in [0.05, 0.1) is 0 Å². The average molecular weight is 338 g/mol. The number of hydrogen-bond donors (Lipinski definition) is 0. The van der Waals surface area contributed by atoms with Crippen LogP contribution >= 0.6 is 8.15 Å². The highest BCUT2D eigenvalue weighted by Crippen LogP contribution is 2.80. The van der Waals surface area contributed by atoms with E-state index in [0.717, 1.165) is 0 Å². The maximum Gasteiger partial charge on any atom is 0.523 e. The van der Waals surface area contributed by atoms with Crippen molar-refractivity contribution in [2.24, 2.45) is 5.41 Å². The highest BCUT2D eigenvalue weighted by atomic mass is 32.2. The molecule has 0 unspecified atom stereocenters. The molecule has 0 radical (unpaired) electrons.